The quantitative estimate of drug-likeness (QED) is 0.769. The first-order valence-corrected chi connectivity index (χ1v) is 7.53. The minimum absolute atomic E-state index is 0.460. The highest BCUT2D eigenvalue weighted by atomic mass is 16.3. The van der Waals surface area contributed by atoms with E-state index in [1.54, 1.807) is 6.20 Å². The summed E-state index contributed by atoms with van der Waals surface area (Å²) in [5.41, 5.74) is 3.46. The first-order valence-electron chi connectivity index (χ1n) is 7.53. The van der Waals surface area contributed by atoms with Crippen LogP contribution in [-0.4, -0.2) is 28.0 Å². The molecular formula is C17H25N3O. The molecule has 1 aromatic heterocycles. The van der Waals surface area contributed by atoms with Crippen LogP contribution in [0.5, 0.6) is 0 Å². The zero-order valence-corrected chi connectivity index (χ0v) is 13.1. The summed E-state index contributed by atoms with van der Waals surface area (Å²) >= 11 is 0. The molecule has 1 atom stereocenters. The second-order valence-electron chi connectivity index (χ2n) is 5.74. The van der Waals surface area contributed by atoms with Crippen molar-refractivity contribution in [2.24, 2.45) is 7.05 Å². The van der Waals surface area contributed by atoms with Crippen molar-refractivity contribution in [2.45, 2.75) is 32.3 Å². The fourth-order valence-corrected chi connectivity index (χ4v) is 2.32. The summed E-state index contributed by atoms with van der Waals surface area (Å²) in [4.78, 5) is 0. The van der Waals surface area contributed by atoms with Crippen molar-refractivity contribution in [1.82, 2.24) is 15.1 Å². The van der Waals surface area contributed by atoms with Crippen molar-refractivity contribution < 1.29 is 5.11 Å². The zero-order chi connectivity index (χ0) is 15.2. The third kappa shape index (κ3) is 4.41. The number of nitrogens with one attached hydrogen (secondary N) is 1. The van der Waals surface area contributed by atoms with Crippen molar-refractivity contribution in [3.63, 3.8) is 0 Å². The van der Waals surface area contributed by atoms with Crippen molar-refractivity contribution >= 4 is 0 Å². The smallest absolute Gasteiger partial charge is 0.0914 e. The number of hydrogen-bond donors (Lipinski definition) is 2. The summed E-state index contributed by atoms with van der Waals surface area (Å²) < 4.78 is 1.88. The summed E-state index contributed by atoms with van der Waals surface area (Å²) in [6.45, 7) is 5.75. The molecule has 0 amide bonds. The molecule has 2 aromatic rings. The molecule has 2 N–H and O–H groups in total. The van der Waals surface area contributed by atoms with Crippen molar-refractivity contribution in [2.75, 3.05) is 13.1 Å². The minimum Gasteiger partial charge on any atom is -0.387 e. The third-order valence-electron chi connectivity index (χ3n) is 3.81. The van der Waals surface area contributed by atoms with Gasteiger partial charge in [0.1, 0.15) is 0 Å². The monoisotopic (exact) mass is 287 g/mol. The highest BCUT2D eigenvalue weighted by molar-refractivity contribution is 5.26. The van der Waals surface area contributed by atoms with Crippen LogP contribution in [0.3, 0.4) is 0 Å². The molecule has 1 aromatic carbocycles. The minimum atomic E-state index is -0.460. The van der Waals surface area contributed by atoms with Gasteiger partial charge in [-0.3, -0.25) is 4.68 Å². The molecule has 0 radical (unpaired) electrons. The predicted octanol–water partition coefficient (Wildman–Crippen LogP) is 2.41. The standard InChI is InChI=1S/C17H25N3O/c1-13(2)14-4-6-15(7-5-14)17(21)12-18-10-8-16-9-11-19-20(16)3/h4-7,9,11,13,17-18,21H,8,10,12H2,1-3H3. The molecule has 0 fully saturated rings. The van der Waals surface area contributed by atoms with Gasteiger partial charge in [0.15, 0.2) is 0 Å². The highest BCUT2D eigenvalue weighted by Crippen LogP contribution is 2.18. The molecule has 1 unspecified atom stereocenters. The summed E-state index contributed by atoms with van der Waals surface area (Å²) in [7, 11) is 1.94. The average Bonchev–Trinajstić information content (AvgIpc) is 2.89. The number of benzene rings is 1. The Labute approximate surface area is 126 Å². The Hall–Kier alpha value is -1.65. The Morgan fingerprint density at radius 3 is 2.38 bits per heavy atom. The van der Waals surface area contributed by atoms with Crippen molar-refractivity contribution in [3.05, 3.63) is 53.3 Å². The van der Waals surface area contributed by atoms with E-state index in [-0.39, 0.29) is 0 Å². The van der Waals surface area contributed by atoms with Gasteiger partial charge in [-0.25, -0.2) is 0 Å². The van der Waals surface area contributed by atoms with Gasteiger partial charge in [-0.2, -0.15) is 5.10 Å². The van der Waals surface area contributed by atoms with Crippen LogP contribution >= 0.6 is 0 Å². The fraction of sp³-hybridized carbons (Fsp3) is 0.471. The third-order valence-corrected chi connectivity index (χ3v) is 3.81. The second-order valence-corrected chi connectivity index (χ2v) is 5.74. The summed E-state index contributed by atoms with van der Waals surface area (Å²) in [6, 6.07) is 10.2. The number of aromatic nitrogens is 2. The second kappa shape index (κ2) is 7.38. The maximum Gasteiger partial charge on any atom is 0.0914 e. The SMILES string of the molecule is CC(C)c1ccc(C(O)CNCCc2ccnn2C)cc1. The lowest BCUT2D eigenvalue weighted by atomic mass is 10.00. The van der Waals surface area contributed by atoms with E-state index in [2.05, 4.69) is 36.4 Å². The molecule has 0 aliphatic carbocycles. The van der Waals surface area contributed by atoms with Gasteiger partial charge in [0, 0.05) is 38.4 Å². The van der Waals surface area contributed by atoms with Gasteiger partial charge in [0.05, 0.1) is 6.10 Å². The molecule has 0 spiro atoms. The summed E-state index contributed by atoms with van der Waals surface area (Å²) in [5.74, 6) is 0.521. The van der Waals surface area contributed by atoms with Crippen LogP contribution in [0.15, 0.2) is 36.5 Å². The van der Waals surface area contributed by atoms with E-state index < -0.39 is 6.10 Å². The molecule has 4 nitrogen and oxygen atoms in total. The molecule has 114 valence electrons. The Balaban J connectivity index is 1.76. The molecular weight excluding hydrogens is 262 g/mol. The molecule has 0 saturated carbocycles. The molecule has 0 aliphatic heterocycles. The topological polar surface area (TPSA) is 50.1 Å². The van der Waals surface area contributed by atoms with Crippen LogP contribution in [0, 0.1) is 0 Å². The summed E-state index contributed by atoms with van der Waals surface area (Å²) in [5, 5.41) is 17.6. The van der Waals surface area contributed by atoms with E-state index in [0.717, 1.165) is 18.5 Å². The number of aliphatic hydroxyl groups excluding tert-OH is 1. The lowest BCUT2D eigenvalue weighted by Gasteiger charge is -2.13. The Bertz CT molecular complexity index is 545. The van der Waals surface area contributed by atoms with E-state index in [0.29, 0.717) is 12.5 Å². The van der Waals surface area contributed by atoms with Crippen LogP contribution in [0.1, 0.15) is 42.7 Å². The lowest BCUT2D eigenvalue weighted by Crippen LogP contribution is -2.24. The van der Waals surface area contributed by atoms with Gasteiger partial charge in [-0.1, -0.05) is 38.1 Å². The first-order chi connectivity index (χ1) is 10.1. The average molecular weight is 287 g/mol. The molecule has 0 saturated heterocycles. The number of hydrogen-bond acceptors (Lipinski definition) is 3. The van der Waals surface area contributed by atoms with Crippen LogP contribution < -0.4 is 5.32 Å². The maximum absolute atomic E-state index is 10.2. The predicted molar refractivity (Wildman–Crippen MR) is 85.3 cm³/mol. The van der Waals surface area contributed by atoms with Gasteiger partial charge in [0.2, 0.25) is 0 Å². The number of aliphatic hydroxyl groups is 1. The normalized spacial score (nSPS) is 12.8. The largest absolute Gasteiger partial charge is 0.387 e. The van der Waals surface area contributed by atoms with E-state index in [1.165, 1.54) is 11.3 Å². The highest BCUT2D eigenvalue weighted by Gasteiger charge is 2.08. The van der Waals surface area contributed by atoms with Crippen LogP contribution in [0.25, 0.3) is 0 Å². The molecule has 1 heterocycles. The fourth-order valence-electron chi connectivity index (χ4n) is 2.32. The lowest BCUT2D eigenvalue weighted by molar-refractivity contribution is 0.175. The molecule has 4 heteroatoms. The molecule has 0 bridgehead atoms. The van der Waals surface area contributed by atoms with Crippen molar-refractivity contribution in [1.29, 1.82) is 0 Å². The van der Waals surface area contributed by atoms with Crippen molar-refractivity contribution in [3.8, 4) is 0 Å². The van der Waals surface area contributed by atoms with Gasteiger partial charge < -0.3 is 10.4 Å². The van der Waals surface area contributed by atoms with Gasteiger partial charge in [-0.15, -0.1) is 0 Å². The first kappa shape index (κ1) is 15.7. The van der Waals surface area contributed by atoms with E-state index in [1.807, 2.05) is 29.9 Å². The Morgan fingerprint density at radius 2 is 1.81 bits per heavy atom. The number of aryl methyl sites for hydroxylation is 1. The Morgan fingerprint density at radius 1 is 1.14 bits per heavy atom. The van der Waals surface area contributed by atoms with Crippen LogP contribution in [-0.2, 0) is 13.5 Å². The Kier molecular flexibility index (Phi) is 5.53. The van der Waals surface area contributed by atoms with Crippen LogP contribution in [0.4, 0.5) is 0 Å². The van der Waals surface area contributed by atoms with E-state index >= 15 is 0 Å². The zero-order valence-electron chi connectivity index (χ0n) is 13.1. The maximum atomic E-state index is 10.2. The van der Waals surface area contributed by atoms with E-state index in [4.69, 9.17) is 0 Å². The number of nitrogens with zero attached hydrogens (tertiary/aromatic N) is 2. The molecule has 21 heavy (non-hydrogen) atoms. The molecule has 0 aliphatic rings. The van der Waals surface area contributed by atoms with E-state index in [9.17, 15) is 5.11 Å². The van der Waals surface area contributed by atoms with Gasteiger partial charge >= 0.3 is 0 Å². The van der Waals surface area contributed by atoms with Gasteiger partial charge in [0.25, 0.3) is 0 Å². The summed E-state index contributed by atoms with van der Waals surface area (Å²) in [6.07, 6.45) is 2.26. The molecule has 2 rings (SSSR count). The van der Waals surface area contributed by atoms with Crippen LogP contribution in [0.2, 0.25) is 0 Å². The number of rotatable bonds is 7. The van der Waals surface area contributed by atoms with Gasteiger partial charge in [-0.05, 0) is 23.1 Å².